The minimum Gasteiger partial charge on any atom is -0.481 e. The van der Waals surface area contributed by atoms with Crippen molar-refractivity contribution in [2.45, 2.75) is 32.6 Å². The third kappa shape index (κ3) is 7.79. The van der Waals surface area contributed by atoms with Crippen molar-refractivity contribution in [1.82, 2.24) is 0 Å². The zero-order valence-electron chi connectivity index (χ0n) is 23.3. The Morgan fingerprint density at radius 1 is 0.829 bits per heavy atom. The van der Waals surface area contributed by atoms with Gasteiger partial charge in [-0.1, -0.05) is 78.4 Å². The molecule has 4 aromatic carbocycles. The maximum absolute atomic E-state index is 13.3. The number of para-hydroxylation sites is 1. The molecule has 0 aliphatic carbocycles. The standard InChI is InChI=1S/C35H34N2O4/c1-25-17-19-26(20-18-25)30-13-8-9-14-31(30)34(40)36-29-23-21-28(22-24-29)35(41)37(2)32-15-10-7-12-27(32)11-5-3-4-6-16-33(38)39/h5,7-15,17-24H,3-4,6,16H2,1-2H3,(H,36,40)(H,38,39). The minimum atomic E-state index is -0.779. The van der Waals surface area contributed by atoms with Gasteiger partial charge in [-0.15, -0.1) is 0 Å². The van der Waals surface area contributed by atoms with Crippen LogP contribution >= 0.6 is 0 Å². The maximum atomic E-state index is 13.3. The van der Waals surface area contributed by atoms with Crippen molar-refractivity contribution in [3.05, 3.63) is 125 Å². The van der Waals surface area contributed by atoms with Gasteiger partial charge in [-0.25, -0.2) is 0 Å². The van der Waals surface area contributed by atoms with E-state index in [1.807, 2.05) is 85.8 Å². The molecule has 4 aromatic rings. The number of allylic oxidation sites excluding steroid dienone is 1. The lowest BCUT2D eigenvalue weighted by atomic mass is 9.98. The number of amides is 2. The van der Waals surface area contributed by atoms with Gasteiger partial charge in [-0.2, -0.15) is 0 Å². The van der Waals surface area contributed by atoms with Crippen LogP contribution in [0.25, 0.3) is 17.2 Å². The van der Waals surface area contributed by atoms with E-state index in [1.165, 1.54) is 0 Å². The van der Waals surface area contributed by atoms with Gasteiger partial charge in [0.05, 0.1) is 5.69 Å². The summed E-state index contributed by atoms with van der Waals surface area (Å²) in [4.78, 5) is 38.8. The second-order valence-electron chi connectivity index (χ2n) is 9.91. The van der Waals surface area contributed by atoms with Crippen LogP contribution < -0.4 is 10.2 Å². The number of carboxylic acids is 1. The molecule has 4 rings (SSSR count). The molecule has 208 valence electrons. The summed E-state index contributed by atoms with van der Waals surface area (Å²) in [6.07, 6.45) is 6.34. The Labute approximate surface area is 241 Å². The van der Waals surface area contributed by atoms with Crippen molar-refractivity contribution in [2.24, 2.45) is 0 Å². The average Bonchev–Trinajstić information content (AvgIpc) is 2.99. The fourth-order valence-electron chi connectivity index (χ4n) is 4.55. The first-order valence-corrected chi connectivity index (χ1v) is 13.7. The second kappa shape index (κ2) is 13.9. The largest absolute Gasteiger partial charge is 0.481 e. The fraction of sp³-hybridized carbons (Fsp3) is 0.171. The van der Waals surface area contributed by atoms with Crippen LogP contribution in [0, 0.1) is 6.92 Å². The van der Waals surface area contributed by atoms with E-state index in [4.69, 9.17) is 5.11 Å². The first-order valence-electron chi connectivity index (χ1n) is 13.7. The lowest BCUT2D eigenvalue weighted by molar-refractivity contribution is -0.137. The SMILES string of the molecule is Cc1ccc(-c2ccccc2C(=O)Nc2ccc(C(=O)N(C)c3ccccc3C=CCCCCC(=O)O)cc2)cc1. The maximum Gasteiger partial charge on any atom is 0.303 e. The number of carbonyl (C=O) groups is 3. The molecule has 0 spiro atoms. The number of carbonyl (C=O) groups excluding carboxylic acids is 2. The predicted octanol–water partition coefficient (Wildman–Crippen LogP) is 7.85. The summed E-state index contributed by atoms with van der Waals surface area (Å²) < 4.78 is 0. The topological polar surface area (TPSA) is 86.7 Å². The minimum absolute atomic E-state index is 0.171. The van der Waals surface area contributed by atoms with E-state index in [0.29, 0.717) is 23.2 Å². The van der Waals surface area contributed by atoms with Crippen molar-refractivity contribution >= 4 is 35.2 Å². The predicted molar refractivity (Wildman–Crippen MR) is 165 cm³/mol. The number of aliphatic carboxylic acids is 1. The normalized spacial score (nSPS) is 10.9. The number of nitrogens with zero attached hydrogens (tertiary/aromatic N) is 1. The van der Waals surface area contributed by atoms with Gasteiger partial charge in [0.1, 0.15) is 0 Å². The molecule has 0 radical (unpaired) electrons. The van der Waals surface area contributed by atoms with E-state index in [9.17, 15) is 14.4 Å². The van der Waals surface area contributed by atoms with Crippen molar-refractivity contribution < 1.29 is 19.5 Å². The molecule has 41 heavy (non-hydrogen) atoms. The number of hydrogen-bond donors (Lipinski definition) is 2. The van der Waals surface area contributed by atoms with E-state index in [2.05, 4.69) is 5.32 Å². The van der Waals surface area contributed by atoms with Crippen molar-refractivity contribution in [2.75, 3.05) is 17.3 Å². The number of aryl methyl sites for hydroxylation is 1. The van der Waals surface area contributed by atoms with Crippen LogP contribution in [0.3, 0.4) is 0 Å². The summed E-state index contributed by atoms with van der Waals surface area (Å²) in [6.45, 7) is 2.03. The van der Waals surface area contributed by atoms with Gasteiger partial charge in [-0.05, 0) is 79.3 Å². The number of nitrogens with one attached hydrogen (secondary N) is 1. The molecule has 0 unspecified atom stereocenters. The molecular formula is C35H34N2O4. The Morgan fingerprint density at radius 2 is 1.51 bits per heavy atom. The van der Waals surface area contributed by atoms with Crippen LogP contribution in [0.5, 0.6) is 0 Å². The van der Waals surface area contributed by atoms with Crippen molar-refractivity contribution in [1.29, 1.82) is 0 Å². The number of unbranched alkanes of at least 4 members (excludes halogenated alkanes) is 2. The molecular weight excluding hydrogens is 512 g/mol. The van der Waals surface area contributed by atoms with Gasteiger partial charge in [0, 0.05) is 30.3 Å². The molecule has 0 aliphatic heterocycles. The molecule has 0 heterocycles. The molecule has 6 nitrogen and oxygen atoms in total. The van der Waals surface area contributed by atoms with Crippen molar-refractivity contribution in [3.8, 4) is 11.1 Å². The second-order valence-corrected chi connectivity index (χ2v) is 9.91. The quantitative estimate of drug-likeness (QED) is 0.188. The summed E-state index contributed by atoms with van der Waals surface area (Å²) in [7, 11) is 1.74. The highest BCUT2D eigenvalue weighted by molar-refractivity contribution is 6.10. The highest BCUT2D eigenvalue weighted by Crippen LogP contribution is 2.26. The molecule has 0 aromatic heterocycles. The van der Waals surface area contributed by atoms with E-state index in [-0.39, 0.29) is 18.2 Å². The van der Waals surface area contributed by atoms with Gasteiger partial charge in [0.15, 0.2) is 0 Å². The number of carboxylic acid groups (broad SMARTS) is 1. The number of rotatable bonds is 11. The lowest BCUT2D eigenvalue weighted by Gasteiger charge is -2.20. The molecule has 0 aliphatic rings. The first kappa shape index (κ1) is 29.0. The summed E-state index contributed by atoms with van der Waals surface area (Å²) in [5.74, 6) is -1.17. The van der Waals surface area contributed by atoms with Gasteiger partial charge >= 0.3 is 5.97 Å². The van der Waals surface area contributed by atoms with Crippen LogP contribution in [-0.2, 0) is 4.79 Å². The Bertz CT molecular complexity index is 1540. The van der Waals surface area contributed by atoms with Gasteiger partial charge in [0.2, 0.25) is 0 Å². The third-order valence-electron chi connectivity index (χ3n) is 6.84. The molecule has 0 bridgehead atoms. The van der Waals surface area contributed by atoms with Crippen LogP contribution in [0.15, 0.2) is 103 Å². The zero-order valence-corrected chi connectivity index (χ0v) is 23.3. The lowest BCUT2D eigenvalue weighted by Crippen LogP contribution is -2.26. The molecule has 2 amide bonds. The Balaban J connectivity index is 1.42. The van der Waals surface area contributed by atoms with Crippen molar-refractivity contribution in [3.63, 3.8) is 0 Å². The smallest absolute Gasteiger partial charge is 0.303 e. The molecule has 0 saturated heterocycles. The summed E-state index contributed by atoms with van der Waals surface area (Å²) in [6, 6.07) is 30.1. The van der Waals surface area contributed by atoms with E-state index in [1.54, 1.807) is 42.3 Å². The monoisotopic (exact) mass is 546 g/mol. The van der Waals surface area contributed by atoms with E-state index >= 15 is 0 Å². The Hall–Kier alpha value is -4.97. The Morgan fingerprint density at radius 3 is 2.24 bits per heavy atom. The summed E-state index contributed by atoms with van der Waals surface area (Å²) >= 11 is 0. The highest BCUT2D eigenvalue weighted by atomic mass is 16.4. The van der Waals surface area contributed by atoms with Crippen LogP contribution in [0.4, 0.5) is 11.4 Å². The number of hydrogen-bond acceptors (Lipinski definition) is 3. The summed E-state index contributed by atoms with van der Waals surface area (Å²) in [5, 5.41) is 11.7. The number of anilines is 2. The van der Waals surface area contributed by atoms with Gasteiger partial charge in [-0.3, -0.25) is 14.4 Å². The number of benzene rings is 4. The molecule has 0 atom stereocenters. The van der Waals surface area contributed by atoms with Crippen LogP contribution in [0.2, 0.25) is 0 Å². The molecule has 2 N–H and O–H groups in total. The van der Waals surface area contributed by atoms with E-state index < -0.39 is 5.97 Å². The average molecular weight is 547 g/mol. The van der Waals surface area contributed by atoms with Crippen LogP contribution in [-0.4, -0.2) is 29.9 Å². The fourth-order valence-corrected chi connectivity index (χ4v) is 4.55. The van der Waals surface area contributed by atoms with Gasteiger partial charge in [0.25, 0.3) is 11.8 Å². The first-order chi connectivity index (χ1) is 19.8. The molecule has 6 heteroatoms. The third-order valence-corrected chi connectivity index (χ3v) is 6.84. The Kier molecular flexibility index (Phi) is 9.84. The molecule has 0 fully saturated rings. The van der Waals surface area contributed by atoms with Gasteiger partial charge < -0.3 is 15.3 Å². The van der Waals surface area contributed by atoms with Crippen LogP contribution in [0.1, 0.15) is 57.5 Å². The molecule has 0 saturated carbocycles. The zero-order chi connectivity index (χ0) is 29.2. The summed E-state index contributed by atoms with van der Waals surface area (Å²) in [5.41, 5.74) is 6.31. The highest BCUT2D eigenvalue weighted by Gasteiger charge is 2.17. The van der Waals surface area contributed by atoms with E-state index in [0.717, 1.165) is 40.8 Å².